The molecule has 0 aromatic heterocycles. The van der Waals surface area contributed by atoms with Gasteiger partial charge in [0.05, 0.1) is 6.61 Å². The topological polar surface area (TPSA) is 29.5 Å². The second-order valence-corrected chi connectivity index (χ2v) is 4.78. The van der Waals surface area contributed by atoms with Crippen molar-refractivity contribution in [2.24, 2.45) is 5.92 Å². The SMILES string of the molecule is C=C(C)C(=O)OCC(C)CN(CCC)CCC. The summed E-state index contributed by atoms with van der Waals surface area (Å²) in [6.45, 7) is 15.4. The number of carbonyl (C=O) groups excluding carboxylic acids is 1. The number of hydrogen-bond donors (Lipinski definition) is 0. The fraction of sp³-hybridized carbons (Fsp3) is 0.786. The normalized spacial score (nSPS) is 12.5. The molecule has 3 nitrogen and oxygen atoms in total. The minimum atomic E-state index is -0.283. The predicted molar refractivity (Wildman–Crippen MR) is 72.0 cm³/mol. The molecule has 17 heavy (non-hydrogen) atoms. The average molecular weight is 241 g/mol. The van der Waals surface area contributed by atoms with Crippen molar-refractivity contribution in [1.29, 1.82) is 0 Å². The quantitative estimate of drug-likeness (QED) is 0.459. The van der Waals surface area contributed by atoms with Gasteiger partial charge in [-0.05, 0) is 32.9 Å². The minimum absolute atomic E-state index is 0.283. The molecule has 1 atom stereocenters. The zero-order valence-electron chi connectivity index (χ0n) is 11.8. The molecule has 0 saturated heterocycles. The highest BCUT2D eigenvalue weighted by Crippen LogP contribution is 2.04. The molecule has 0 aliphatic rings. The first-order valence-corrected chi connectivity index (χ1v) is 6.56. The third kappa shape index (κ3) is 7.97. The first kappa shape index (κ1) is 16.2. The molecule has 0 saturated carbocycles. The summed E-state index contributed by atoms with van der Waals surface area (Å²) in [4.78, 5) is 13.7. The Balaban J connectivity index is 3.92. The third-order valence-corrected chi connectivity index (χ3v) is 2.50. The highest BCUT2D eigenvalue weighted by Gasteiger charge is 2.11. The zero-order valence-corrected chi connectivity index (χ0v) is 11.8. The van der Waals surface area contributed by atoms with Crippen molar-refractivity contribution in [3.8, 4) is 0 Å². The molecule has 0 N–H and O–H groups in total. The summed E-state index contributed by atoms with van der Waals surface area (Å²) in [5, 5.41) is 0. The Bertz CT molecular complexity index is 232. The van der Waals surface area contributed by atoms with Crippen LogP contribution < -0.4 is 0 Å². The van der Waals surface area contributed by atoms with Gasteiger partial charge in [-0.15, -0.1) is 0 Å². The van der Waals surface area contributed by atoms with Crippen LogP contribution in [0.1, 0.15) is 40.5 Å². The second-order valence-electron chi connectivity index (χ2n) is 4.78. The summed E-state index contributed by atoms with van der Waals surface area (Å²) in [6.07, 6.45) is 2.33. The number of esters is 1. The van der Waals surface area contributed by atoms with Gasteiger partial charge in [-0.2, -0.15) is 0 Å². The minimum Gasteiger partial charge on any atom is -0.462 e. The van der Waals surface area contributed by atoms with Crippen LogP contribution >= 0.6 is 0 Å². The van der Waals surface area contributed by atoms with Gasteiger partial charge in [0.25, 0.3) is 0 Å². The molecule has 3 heteroatoms. The van der Waals surface area contributed by atoms with Crippen LogP contribution in [0.5, 0.6) is 0 Å². The van der Waals surface area contributed by atoms with Crippen LogP contribution in [-0.4, -0.2) is 37.1 Å². The molecule has 0 aliphatic carbocycles. The molecule has 0 amide bonds. The van der Waals surface area contributed by atoms with Gasteiger partial charge in [0.15, 0.2) is 0 Å². The van der Waals surface area contributed by atoms with Crippen LogP contribution in [0.15, 0.2) is 12.2 Å². The third-order valence-electron chi connectivity index (χ3n) is 2.50. The molecule has 0 spiro atoms. The molecule has 1 unspecified atom stereocenters. The molecule has 0 radical (unpaired) electrons. The lowest BCUT2D eigenvalue weighted by Crippen LogP contribution is -2.32. The van der Waals surface area contributed by atoms with Gasteiger partial charge in [0, 0.05) is 18.0 Å². The zero-order chi connectivity index (χ0) is 13.3. The Hall–Kier alpha value is -0.830. The Labute approximate surface area is 106 Å². The molecule has 100 valence electrons. The monoisotopic (exact) mass is 241 g/mol. The van der Waals surface area contributed by atoms with Crippen LogP contribution in [0.3, 0.4) is 0 Å². The van der Waals surface area contributed by atoms with Crippen molar-refractivity contribution in [3.05, 3.63) is 12.2 Å². The van der Waals surface area contributed by atoms with Crippen molar-refractivity contribution in [2.45, 2.75) is 40.5 Å². The lowest BCUT2D eigenvalue weighted by atomic mass is 10.1. The molecule has 0 aromatic carbocycles. The number of carbonyl (C=O) groups is 1. The van der Waals surface area contributed by atoms with E-state index in [0.29, 0.717) is 18.1 Å². The lowest BCUT2D eigenvalue weighted by Gasteiger charge is -2.24. The van der Waals surface area contributed by atoms with E-state index in [9.17, 15) is 4.79 Å². The summed E-state index contributed by atoms with van der Waals surface area (Å²) in [5.41, 5.74) is 0.469. The van der Waals surface area contributed by atoms with Gasteiger partial charge < -0.3 is 9.64 Å². The molecular weight excluding hydrogens is 214 g/mol. The maximum absolute atomic E-state index is 11.2. The fourth-order valence-corrected chi connectivity index (χ4v) is 1.76. The van der Waals surface area contributed by atoms with Crippen molar-refractivity contribution in [3.63, 3.8) is 0 Å². The van der Waals surface area contributed by atoms with Crippen molar-refractivity contribution < 1.29 is 9.53 Å². The van der Waals surface area contributed by atoms with Crippen LogP contribution in [0.4, 0.5) is 0 Å². The Morgan fingerprint density at radius 3 is 2.24 bits per heavy atom. The van der Waals surface area contributed by atoms with E-state index in [1.807, 2.05) is 0 Å². The summed E-state index contributed by atoms with van der Waals surface area (Å²) < 4.78 is 5.16. The number of rotatable bonds is 9. The van der Waals surface area contributed by atoms with E-state index in [1.54, 1.807) is 6.92 Å². The van der Waals surface area contributed by atoms with E-state index < -0.39 is 0 Å². The fourth-order valence-electron chi connectivity index (χ4n) is 1.76. The summed E-state index contributed by atoms with van der Waals surface area (Å²) in [7, 11) is 0. The van der Waals surface area contributed by atoms with Gasteiger partial charge in [-0.3, -0.25) is 0 Å². The Morgan fingerprint density at radius 1 is 1.29 bits per heavy atom. The van der Waals surface area contributed by atoms with E-state index in [-0.39, 0.29) is 5.97 Å². The van der Waals surface area contributed by atoms with E-state index in [2.05, 4.69) is 32.3 Å². The van der Waals surface area contributed by atoms with Crippen molar-refractivity contribution in [1.82, 2.24) is 4.90 Å². The lowest BCUT2D eigenvalue weighted by molar-refractivity contribution is -0.140. The first-order chi connectivity index (χ1) is 8.01. The van der Waals surface area contributed by atoms with E-state index in [0.717, 1.165) is 32.5 Å². The molecule has 0 bridgehead atoms. The van der Waals surface area contributed by atoms with Crippen LogP contribution in [-0.2, 0) is 9.53 Å². The molecule has 0 rings (SSSR count). The van der Waals surface area contributed by atoms with Gasteiger partial charge in [0.1, 0.15) is 0 Å². The number of hydrogen-bond acceptors (Lipinski definition) is 3. The summed E-state index contributed by atoms with van der Waals surface area (Å²) >= 11 is 0. The molecular formula is C14H27NO2. The van der Waals surface area contributed by atoms with Crippen molar-refractivity contribution >= 4 is 5.97 Å². The van der Waals surface area contributed by atoms with Crippen LogP contribution in [0.2, 0.25) is 0 Å². The largest absolute Gasteiger partial charge is 0.462 e. The molecule has 0 aromatic rings. The van der Waals surface area contributed by atoms with Crippen molar-refractivity contribution in [2.75, 3.05) is 26.2 Å². The number of ether oxygens (including phenoxy) is 1. The Kier molecular flexibility index (Phi) is 8.78. The smallest absolute Gasteiger partial charge is 0.333 e. The summed E-state index contributed by atoms with van der Waals surface area (Å²) in [5.74, 6) is 0.0887. The van der Waals surface area contributed by atoms with Crippen LogP contribution in [0.25, 0.3) is 0 Å². The Morgan fingerprint density at radius 2 is 1.82 bits per heavy atom. The van der Waals surface area contributed by atoms with Crippen LogP contribution in [0, 0.1) is 5.92 Å². The maximum Gasteiger partial charge on any atom is 0.333 e. The van der Waals surface area contributed by atoms with Gasteiger partial charge in [-0.1, -0.05) is 27.4 Å². The highest BCUT2D eigenvalue weighted by molar-refractivity contribution is 5.86. The summed E-state index contributed by atoms with van der Waals surface area (Å²) in [6, 6.07) is 0. The van der Waals surface area contributed by atoms with E-state index in [4.69, 9.17) is 4.74 Å². The number of nitrogens with zero attached hydrogens (tertiary/aromatic N) is 1. The average Bonchev–Trinajstić information content (AvgIpc) is 2.26. The molecule has 0 heterocycles. The second kappa shape index (κ2) is 9.23. The standard InChI is InChI=1S/C14H27NO2/c1-6-8-15(9-7-2)10-13(5)11-17-14(16)12(3)4/h13H,3,6-11H2,1-2,4-5H3. The predicted octanol–water partition coefficient (Wildman–Crippen LogP) is 2.86. The van der Waals surface area contributed by atoms with Gasteiger partial charge in [0.2, 0.25) is 0 Å². The van der Waals surface area contributed by atoms with Gasteiger partial charge in [-0.25, -0.2) is 4.79 Å². The molecule has 0 fully saturated rings. The maximum atomic E-state index is 11.2. The first-order valence-electron chi connectivity index (χ1n) is 6.56. The van der Waals surface area contributed by atoms with E-state index in [1.165, 1.54) is 0 Å². The molecule has 0 aliphatic heterocycles. The van der Waals surface area contributed by atoms with E-state index >= 15 is 0 Å². The highest BCUT2D eigenvalue weighted by atomic mass is 16.5. The van der Waals surface area contributed by atoms with Gasteiger partial charge >= 0.3 is 5.97 Å².